The summed E-state index contributed by atoms with van der Waals surface area (Å²) >= 11 is 3.33. The van der Waals surface area contributed by atoms with Crippen LogP contribution in [0.5, 0.6) is 0 Å². The van der Waals surface area contributed by atoms with Gasteiger partial charge in [0.05, 0.1) is 0 Å². The van der Waals surface area contributed by atoms with Gasteiger partial charge in [-0.25, -0.2) is 4.98 Å². The summed E-state index contributed by atoms with van der Waals surface area (Å²) in [6, 6.07) is 3.47. The molecule has 2 heterocycles. The van der Waals surface area contributed by atoms with Crippen LogP contribution in [0.25, 0.3) is 0 Å². The van der Waals surface area contributed by atoms with Crippen molar-refractivity contribution >= 4 is 27.7 Å². The Balaban J connectivity index is 2.23. The lowest BCUT2D eigenvalue weighted by molar-refractivity contribution is -0.119. The van der Waals surface area contributed by atoms with Crippen molar-refractivity contribution in [2.75, 3.05) is 24.5 Å². The molecule has 1 atom stereocenters. The molecule has 6 heteroatoms. The van der Waals surface area contributed by atoms with Crippen molar-refractivity contribution in [3.05, 3.63) is 22.8 Å². The first-order valence-corrected chi connectivity index (χ1v) is 5.86. The second kappa shape index (κ2) is 4.80. The molecule has 1 unspecified atom stereocenters. The lowest BCUT2D eigenvalue weighted by atomic mass is 10.2. The summed E-state index contributed by atoms with van der Waals surface area (Å²) in [6.07, 6.45) is 1.72. The number of hydrogen-bond donors (Lipinski definition) is 2. The Hall–Kier alpha value is -1.14. The van der Waals surface area contributed by atoms with E-state index >= 15 is 0 Å². The zero-order valence-electron chi connectivity index (χ0n) is 8.69. The van der Waals surface area contributed by atoms with Crippen molar-refractivity contribution in [3.63, 3.8) is 0 Å². The Kier molecular flexibility index (Phi) is 3.40. The Morgan fingerprint density at radius 2 is 2.44 bits per heavy atom. The van der Waals surface area contributed by atoms with E-state index in [1.165, 1.54) is 0 Å². The van der Waals surface area contributed by atoms with Gasteiger partial charge < -0.3 is 16.0 Å². The Bertz CT molecular complexity index is 381. The quantitative estimate of drug-likeness (QED) is 0.809. The molecule has 1 aliphatic rings. The molecule has 86 valence electrons. The van der Waals surface area contributed by atoms with Crippen LogP contribution >= 0.6 is 15.9 Å². The predicted molar refractivity (Wildman–Crippen MR) is 65.1 cm³/mol. The molecule has 1 amide bonds. The fraction of sp³-hybridized carbons (Fsp3) is 0.400. The molecule has 1 aliphatic heterocycles. The largest absolute Gasteiger partial charge is 0.368 e. The second-order valence-corrected chi connectivity index (χ2v) is 4.57. The number of rotatable bonds is 2. The minimum absolute atomic E-state index is 0.317. The maximum Gasteiger partial charge on any atom is 0.241 e. The van der Waals surface area contributed by atoms with E-state index in [0.717, 1.165) is 23.4 Å². The highest BCUT2D eigenvalue weighted by molar-refractivity contribution is 9.10. The number of hydrogen-bond acceptors (Lipinski definition) is 4. The molecule has 3 N–H and O–H groups in total. The van der Waals surface area contributed by atoms with E-state index in [4.69, 9.17) is 5.73 Å². The van der Waals surface area contributed by atoms with Gasteiger partial charge in [-0.3, -0.25) is 4.79 Å². The van der Waals surface area contributed by atoms with E-state index in [0.29, 0.717) is 6.54 Å². The third kappa shape index (κ3) is 2.33. The van der Waals surface area contributed by atoms with Gasteiger partial charge in [0, 0.05) is 30.3 Å². The van der Waals surface area contributed by atoms with E-state index in [9.17, 15) is 4.79 Å². The molecule has 1 aromatic heterocycles. The number of primary amides is 1. The number of halogens is 1. The normalized spacial score (nSPS) is 20.8. The van der Waals surface area contributed by atoms with Crippen LogP contribution in [0.1, 0.15) is 0 Å². The average molecular weight is 285 g/mol. The fourth-order valence-corrected chi connectivity index (χ4v) is 2.01. The van der Waals surface area contributed by atoms with Crippen LogP contribution in [0, 0.1) is 0 Å². The third-order valence-corrected chi connectivity index (χ3v) is 3.05. The van der Waals surface area contributed by atoms with E-state index in [1.54, 1.807) is 6.20 Å². The first-order valence-electron chi connectivity index (χ1n) is 5.07. The topological polar surface area (TPSA) is 71.2 Å². The number of piperazine rings is 1. The number of carbonyl (C=O) groups is 1. The number of nitrogens with zero attached hydrogens (tertiary/aromatic N) is 2. The molecule has 1 aromatic rings. The van der Waals surface area contributed by atoms with Crippen molar-refractivity contribution in [2.24, 2.45) is 5.73 Å². The Labute approximate surface area is 102 Å². The zero-order chi connectivity index (χ0) is 11.5. The summed E-state index contributed by atoms with van der Waals surface area (Å²) in [5.41, 5.74) is 5.37. The Morgan fingerprint density at radius 1 is 1.62 bits per heavy atom. The van der Waals surface area contributed by atoms with Crippen LogP contribution < -0.4 is 16.0 Å². The predicted octanol–water partition coefficient (Wildman–Crippen LogP) is 0.108. The van der Waals surface area contributed by atoms with Gasteiger partial charge in [-0.1, -0.05) is 0 Å². The zero-order valence-corrected chi connectivity index (χ0v) is 10.3. The van der Waals surface area contributed by atoms with E-state index < -0.39 is 0 Å². The summed E-state index contributed by atoms with van der Waals surface area (Å²) in [5.74, 6) is 0.463. The fourth-order valence-electron chi connectivity index (χ4n) is 1.77. The lowest BCUT2D eigenvalue weighted by Gasteiger charge is -2.35. The SMILES string of the molecule is NC(=O)C1CNCCN1c1ccc(Br)cn1. The van der Waals surface area contributed by atoms with Crippen LogP contribution in [-0.4, -0.2) is 36.6 Å². The molecule has 0 radical (unpaired) electrons. The van der Waals surface area contributed by atoms with Crippen LogP contribution in [0.3, 0.4) is 0 Å². The molecule has 0 bridgehead atoms. The van der Waals surface area contributed by atoms with Crippen molar-refractivity contribution in [3.8, 4) is 0 Å². The number of amides is 1. The average Bonchev–Trinajstić information content (AvgIpc) is 2.30. The highest BCUT2D eigenvalue weighted by Crippen LogP contribution is 2.17. The van der Waals surface area contributed by atoms with Crippen LogP contribution in [0.15, 0.2) is 22.8 Å². The van der Waals surface area contributed by atoms with Gasteiger partial charge in [0.2, 0.25) is 5.91 Å². The summed E-state index contributed by atoms with van der Waals surface area (Å²) < 4.78 is 0.919. The number of nitrogens with two attached hydrogens (primary N) is 1. The smallest absolute Gasteiger partial charge is 0.241 e. The highest BCUT2D eigenvalue weighted by atomic mass is 79.9. The van der Waals surface area contributed by atoms with Gasteiger partial charge in [-0.2, -0.15) is 0 Å². The monoisotopic (exact) mass is 284 g/mol. The minimum atomic E-state index is -0.322. The van der Waals surface area contributed by atoms with Crippen molar-refractivity contribution in [1.29, 1.82) is 0 Å². The van der Waals surface area contributed by atoms with Crippen molar-refractivity contribution in [2.45, 2.75) is 6.04 Å². The highest BCUT2D eigenvalue weighted by Gasteiger charge is 2.27. The van der Waals surface area contributed by atoms with Crippen LogP contribution in [0.4, 0.5) is 5.82 Å². The summed E-state index contributed by atoms with van der Waals surface area (Å²) in [4.78, 5) is 17.5. The Morgan fingerprint density at radius 3 is 3.06 bits per heavy atom. The van der Waals surface area contributed by atoms with E-state index in [2.05, 4.69) is 26.2 Å². The number of carbonyl (C=O) groups excluding carboxylic acids is 1. The molecule has 1 fully saturated rings. The summed E-state index contributed by atoms with van der Waals surface area (Å²) in [7, 11) is 0. The number of pyridine rings is 1. The first-order chi connectivity index (χ1) is 7.68. The second-order valence-electron chi connectivity index (χ2n) is 3.65. The molecule has 1 saturated heterocycles. The van der Waals surface area contributed by atoms with Gasteiger partial charge in [-0.05, 0) is 28.1 Å². The maximum atomic E-state index is 11.3. The minimum Gasteiger partial charge on any atom is -0.368 e. The van der Waals surface area contributed by atoms with E-state index in [-0.39, 0.29) is 11.9 Å². The number of anilines is 1. The van der Waals surface area contributed by atoms with E-state index in [1.807, 2.05) is 17.0 Å². The molecule has 0 aromatic carbocycles. The molecular weight excluding hydrogens is 272 g/mol. The van der Waals surface area contributed by atoms with Gasteiger partial charge in [0.1, 0.15) is 11.9 Å². The van der Waals surface area contributed by atoms with Crippen molar-refractivity contribution < 1.29 is 4.79 Å². The molecule has 0 aliphatic carbocycles. The van der Waals surface area contributed by atoms with Crippen molar-refractivity contribution in [1.82, 2.24) is 10.3 Å². The standard InChI is InChI=1S/C10H13BrN4O/c11-7-1-2-9(14-5-7)15-4-3-13-6-8(15)10(12)16/h1-2,5,8,13H,3-4,6H2,(H2,12,16). The van der Waals surface area contributed by atoms with Gasteiger partial charge in [0.15, 0.2) is 0 Å². The summed E-state index contributed by atoms with van der Waals surface area (Å²) in [5, 5.41) is 3.15. The lowest BCUT2D eigenvalue weighted by Crippen LogP contribution is -2.57. The van der Waals surface area contributed by atoms with Gasteiger partial charge in [-0.15, -0.1) is 0 Å². The molecular formula is C10H13BrN4O. The van der Waals surface area contributed by atoms with Gasteiger partial charge in [0.25, 0.3) is 0 Å². The van der Waals surface area contributed by atoms with Gasteiger partial charge >= 0.3 is 0 Å². The molecule has 16 heavy (non-hydrogen) atoms. The molecule has 2 rings (SSSR count). The maximum absolute atomic E-state index is 11.3. The molecule has 5 nitrogen and oxygen atoms in total. The summed E-state index contributed by atoms with van der Waals surface area (Å²) in [6.45, 7) is 2.15. The first kappa shape index (κ1) is 11.3. The van der Waals surface area contributed by atoms with Crippen LogP contribution in [-0.2, 0) is 4.79 Å². The number of nitrogens with one attached hydrogen (secondary N) is 1. The number of aromatic nitrogens is 1. The third-order valence-electron chi connectivity index (χ3n) is 2.58. The molecule has 0 spiro atoms. The van der Waals surface area contributed by atoms with Crippen LogP contribution in [0.2, 0.25) is 0 Å². The molecule has 0 saturated carbocycles.